The summed E-state index contributed by atoms with van der Waals surface area (Å²) in [5, 5.41) is 6.57. The first-order chi connectivity index (χ1) is 14.2. The monoisotopic (exact) mass is 393 g/mol. The van der Waals surface area contributed by atoms with Crippen molar-refractivity contribution in [1.29, 1.82) is 0 Å². The van der Waals surface area contributed by atoms with Crippen molar-refractivity contribution in [1.82, 2.24) is 5.43 Å². The maximum atomic E-state index is 13.7. The topological polar surface area (TPSA) is 72.0 Å². The van der Waals surface area contributed by atoms with Crippen LogP contribution in [0.1, 0.15) is 11.1 Å². The highest BCUT2D eigenvalue weighted by molar-refractivity contribution is 5.90. The van der Waals surface area contributed by atoms with E-state index in [1.165, 1.54) is 19.4 Å². The molecule has 6 nitrogen and oxygen atoms in total. The fourth-order valence-corrected chi connectivity index (χ4v) is 2.50. The lowest BCUT2D eigenvalue weighted by atomic mass is 10.2. The molecule has 29 heavy (non-hydrogen) atoms. The molecule has 0 atom stereocenters. The summed E-state index contributed by atoms with van der Waals surface area (Å²) in [6, 6.07) is 20.2. The molecule has 0 spiro atoms. The van der Waals surface area contributed by atoms with E-state index in [9.17, 15) is 9.18 Å². The summed E-state index contributed by atoms with van der Waals surface area (Å²) < 4.78 is 24.7. The number of ether oxygens (including phenoxy) is 2. The largest absolute Gasteiger partial charge is 0.493 e. The van der Waals surface area contributed by atoms with Crippen LogP contribution in [0.25, 0.3) is 0 Å². The first-order valence-corrected chi connectivity index (χ1v) is 8.85. The van der Waals surface area contributed by atoms with Gasteiger partial charge in [0.15, 0.2) is 11.5 Å². The van der Waals surface area contributed by atoms with Gasteiger partial charge in [0.2, 0.25) is 0 Å². The Morgan fingerprint density at radius 3 is 2.55 bits per heavy atom. The van der Waals surface area contributed by atoms with Crippen LogP contribution in [-0.2, 0) is 6.61 Å². The molecule has 148 valence electrons. The van der Waals surface area contributed by atoms with Gasteiger partial charge < -0.3 is 14.8 Å². The lowest BCUT2D eigenvalue weighted by Gasteiger charge is -2.11. The number of nitrogens with zero attached hydrogens (tertiary/aromatic N) is 1. The Bertz CT molecular complexity index is 994. The highest BCUT2D eigenvalue weighted by atomic mass is 19.1. The fraction of sp³-hybridized carbons (Fsp3) is 0.0909. The van der Waals surface area contributed by atoms with E-state index < -0.39 is 6.03 Å². The minimum Gasteiger partial charge on any atom is -0.493 e. The number of benzene rings is 3. The van der Waals surface area contributed by atoms with Crippen LogP contribution in [0.4, 0.5) is 14.9 Å². The van der Waals surface area contributed by atoms with Crippen molar-refractivity contribution < 1.29 is 18.7 Å². The van der Waals surface area contributed by atoms with Crippen LogP contribution in [0.15, 0.2) is 77.9 Å². The molecule has 0 aliphatic heterocycles. The van der Waals surface area contributed by atoms with Crippen LogP contribution in [-0.4, -0.2) is 19.4 Å². The number of carbonyl (C=O) groups is 1. The molecule has 3 aromatic rings. The number of rotatable bonds is 7. The van der Waals surface area contributed by atoms with Gasteiger partial charge in [0, 0.05) is 11.3 Å². The zero-order valence-corrected chi connectivity index (χ0v) is 15.8. The molecule has 0 heterocycles. The summed E-state index contributed by atoms with van der Waals surface area (Å²) in [5.74, 6) is 0.622. The van der Waals surface area contributed by atoms with E-state index in [1.54, 1.807) is 48.5 Å². The average Bonchev–Trinajstić information content (AvgIpc) is 2.74. The third kappa shape index (κ3) is 5.80. The molecule has 0 aromatic heterocycles. The van der Waals surface area contributed by atoms with Gasteiger partial charge in [-0.2, -0.15) is 5.10 Å². The number of hydrogen-bond donors (Lipinski definition) is 2. The Labute approximate surface area is 168 Å². The summed E-state index contributed by atoms with van der Waals surface area (Å²) >= 11 is 0. The van der Waals surface area contributed by atoms with Crippen LogP contribution in [0.5, 0.6) is 11.5 Å². The number of para-hydroxylation sites is 1. The average molecular weight is 393 g/mol. The lowest BCUT2D eigenvalue weighted by molar-refractivity contribution is 0.252. The van der Waals surface area contributed by atoms with Crippen molar-refractivity contribution in [3.8, 4) is 11.5 Å². The van der Waals surface area contributed by atoms with Gasteiger partial charge in [0.1, 0.15) is 12.4 Å². The summed E-state index contributed by atoms with van der Waals surface area (Å²) in [6.45, 7) is 0.0810. The zero-order valence-electron chi connectivity index (χ0n) is 15.8. The maximum Gasteiger partial charge on any atom is 0.339 e. The molecule has 0 saturated heterocycles. The molecule has 0 fully saturated rings. The third-order valence-electron chi connectivity index (χ3n) is 3.94. The standard InChI is InChI=1S/C22H20FN3O3/c1-28-21-13-16(14-24-26-22(27)25-18-8-3-2-4-9-18)11-12-20(21)29-15-17-7-5-6-10-19(17)23/h2-14H,15H2,1H3,(H2,25,26,27)/b24-14+. The fourth-order valence-electron chi connectivity index (χ4n) is 2.50. The van der Waals surface area contributed by atoms with E-state index in [0.29, 0.717) is 28.3 Å². The van der Waals surface area contributed by atoms with Gasteiger partial charge in [-0.25, -0.2) is 14.6 Å². The second kappa shape index (κ2) is 9.89. The van der Waals surface area contributed by atoms with Crippen molar-refractivity contribution in [3.63, 3.8) is 0 Å². The number of nitrogens with one attached hydrogen (secondary N) is 2. The summed E-state index contributed by atoms with van der Waals surface area (Å²) in [5.41, 5.74) is 4.20. The van der Waals surface area contributed by atoms with E-state index in [2.05, 4.69) is 15.8 Å². The Morgan fingerprint density at radius 2 is 1.79 bits per heavy atom. The smallest absolute Gasteiger partial charge is 0.339 e. The lowest BCUT2D eigenvalue weighted by Crippen LogP contribution is -2.24. The van der Waals surface area contributed by atoms with Crippen molar-refractivity contribution in [2.24, 2.45) is 5.10 Å². The number of hydrogen-bond acceptors (Lipinski definition) is 4. The second-order valence-corrected chi connectivity index (χ2v) is 5.98. The second-order valence-electron chi connectivity index (χ2n) is 5.98. The summed E-state index contributed by atoms with van der Waals surface area (Å²) in [4.78, 5) is 11.8. The number of amides is 2. The Balaban J connectivity index is 1.58. The molecule has 7 heteroatoms. The van der Waals surface area contributed by atoms with Crippen molar-refractivity contribution in [3.05, 3.63) is 89.7 Å². The van der Waals surface area contributed by atoms with E-state index in [1.807, 2.05) is 18.2 Å². The number of urea groups is 1. The van der Waals surface area contributed by atoms with Gasteiger partial charge in [0.25, 0.3) is 0 Å². The summed E-state index contributed by atoms with van der Waals surface area (Å²) in [7, 11) is 1.51. The molecule has 0 saturated carbocycles. The van der Waals surface area contributed by atoms with Crippen molar-refractivity contribution in [2.75, 3.05) is 12.4 Å². The number of methoxy groups -OCH3 is 1. The van der Waals surface area contributed by atoms with Gasteiger partial charge in [-0.3, -0.25) is 0 Å². The molecule has 0 radical (unpaired) electrons. The van der Waals surface area contributed by atoms with Gasteiger partial charge in [-0.1, -0.05) is 36.4 Å². The van der Waals surface area contributed by atoms with Crippen molar-refractivity contribution in [2.45, 2.75) is 6.61 Å². The van der Waals surface area contributed by atoms with Crippen LogP contribution in [0.2, 0.25) is 0 Å². The SMILES string of the molecule is COc1cc(/C=N/NC(=O)Nc2ccccc2)ccc1OCc1ccccc1F. The van der Waals surface area contributed by atoms with Gasteiger partial charge in [0.05, 0.1) is 13.3 Å². The minimum atomic E-state index is -0.454. The van der Waals surface area contributed by atoms with E-state index >= 15 is 0 Å². The van der Waals surface area contributed by atoms with Gasteiger partial charge in [-0.15, -0.1) is 0 Å². The molecule has 2 N–H and O–H groups in total. The van der Waals surface area contributed by atoms with Gasteiger partial charge in [-0.05, 0) is 42.0 Å². The number of carbonyl (C=O) groups excluding carboxylic acids is 1. The third-order valence-corrected chi connectivity index (χ3v) is 3.94. The van der Waals surface area contributed by atoms with Crippen LogP contribution >= 0.6 is 0 Å². The predicted octanol–water partition coefficient (Wildman–Crippen LogP) is 4.57. The Morgan fingerprint density at radius 1 is 1.03 bits per heavy atom. The highest BCUT2D eigenvalue weighted by Gasteiger charge is 2.08. The first kappa shape index (κ1) is 19.9. The number of halogens is 1. The predicted molar refractivity (Wildman–Crippen MR) is 110 cm³/mol. The molecule has 3 rings (SSSR count). The number of hydrazone groups is 1. The van der Waals surface area contributed by atoms with Crippen LogP contribution in [0, 0.1) is 5.82 Å². The summed E-state index contributed by atoms with van der Waals surface area (Å²) in [6.07, 6.45) is 1.48. The molecular weight excluding hydrogens is 373 g/mol. The molecule has 0 unspecified atom stereocenters. The Hall–Kier alpha value is -3.87. The number of anilines is 1. The van der Waals surface area contributed by atoms with Crippen LogP contribution in [0.3, 0.4) is 0 Å². The quantitative estimate of drug-likeness (QED) is 0.456. The zero-order chi connectivity index (χ0) is 20.5. The minimum absolute atomic E-state index is 0.0810. The molecule has 2 amide bonds. The van der Waals surface area contributed by atoms with Crippen molar-refractivity contribution >= 4 is 17.9 Å². The first-order valence-electron chi connectivity index (χ1n) is 8.85. The van der Waals surface area contributed by atoms with E-state index in [0.717, 1.165) is 0 Å². The molecule has 0 aliphatic rings. The van der Waals surface area contributed by atoms with E-state index in [-0.39, 0.29) is 12.4 Å². The molecule has 0 bridgehead atoms. The van der Waals surface area contributed by atoms with Crippen LogP contribution < -0.4 is 20.2 Å². The molecular formula is C22H20FN3O3. The Kier molecular flexibility index (Phi) is 6.78. The normalized spacial score (nSPS) is 10.6. The van der Waals surface area contributed by atoms with Gasteiger partial charge >= 0.3 is 6.03 Å². The molecule has 3 aromatic carbocycles. The van der Waals surface area contributed by atoms with E-state index in [4.69, 9.17) is 9.47 Å². The maximum absolute atomic E-state index is 13.7. The molecule has 0 aliphatic carbocycles. The highest BCUT2D eigenvalue weighted by Crippen LogP contribution is 2.28.